The third-order valence-electron chi connectivity index (χ3n) is 3.77. The van der Waals surface area contributed by atoms with Gasteiger partial charge in [0.05, 0.1) is 6.10 Å². The molecule has 3 rings (SSSR count). The van der Waals surface area contributed by atoms with Gasteiger partial charge in [-0.3, -0.25) is 4.79 Å². The standard InChI is InChI=1S/C16H18N2O2/c17-12-8-13(19)10-18(9-12)16(20)15-7-3-5-11-4-1-2-6-14(11)15/h1-7,12-13,19H,8-10,17H2/t12-,13+/m0/s1. The molecule has 3 N–H and O–H groups in total. The molecule has 1 saturated heterocycles. The van der Waals surface area contributed by atoms with E-state index in [1.54, 1.807) is 4.90 Å². The minimum absolute atomic E-state index is 0.0593. The summed E-state index contributed by atoms with van der Waals surface area (Å²) in [6, 6.07) is 13.4. The molecule has 1 amide bonds. The summed E-state index contributed by atoms with van der Waals surface area (Å²) in [5, 5.41) is 11.8. The second-order valence-electron chi connectivity index (χ2n) is 5.39. The molecule has 2 aromatic rings. The summed E-state index contributed by atoms with van der Waals surface area (Å²) in [5.41, 5.74) is 6.56. The smallest absolute Gasteiger partial charge is 0.254 e. The summed E-state index contributed by atoms with van der Waals surface area (Å²) in [4.78, 5) is 14.3. The number of carbonyl (C=O) groups is 1. The van der Waals surface area contributed by atoms with Crippen molar-refractivity contribution in [2.75, 3.05) is 13.1 Å². The highest BCUT2D eigenvalue weighted by molar-refractivity contribution is 6.07. The highest BCUT2D eigenvalue weighted by atomic mass is 16.3. The van der Waals surface area contributed by atoms with Crippen LogP contribution in [0, 0.1) is 0 Å². The van der Waals surface area contributed by atoms with E-state index < -0.39 is 6.10 Å². The van der Waals surface area contributed by atoms with E-state index in [9.17, 15) is 9.90 Å². The van der Waals surface area contributed by atoms with E-state index in [-0.39, 0.29) is 11.9 Å². The van der Waals surface area contributed by atoms with Crippen LogP contribution in [0.2, 0.25) is 0 Å². The number of nitrogens with zero attached hydrogens (tertiary/aromatic N) is 1. The number of aliphatic hydroxyl groups excluding tert-OH is 1. The van der Waals surface area contributed by atoms with Gasteiger partial charge in [-0.1, -0.05) is 36.4 Å². The second kappa shape index (κ2) is 5.23. The fourth-order valence-corrected chi connectivity index (χ4v) is 2.86. The summed E-state index contributed by atoms with van der Waals surface area (Å²) in [6.45, 7) is 0.856. The first kappa shape index (κ1) is 13.1. The SMILES string of the molecule is N[C@H]1C[C@@H](O)CN(C(=O)c2cccc3ccccc23)C1. The van der Waals surface area contributed by atoms with Gasteiger partial charge >= 0.3 is 0 Å². The number of benzene rings is 2. The largest absolute Gasteiger partial charge is 0.391 e. The van der Waals surface area contributed by atoms with E-state index in [0.29, 0.717) is 25.1 Å². The van der Waals surface area contributed by atoms with Crippen molar-refractivity contribution in [3.05, 3.63) is 48.0 Å². The predicted octanol–water partition coefficient (Wildman–Crippen LogP) is 1.37. The normalized spacial score (nSPS) is 23.0. The molecule has 2 aromatic carbocycles. The van der Waals surface area contributed by atoms with Gasteiger partial charge in [0.15, 0.2) is 0 Å². The highest BCUT2D eigenvalue weighted by Crippen LogP contribution is 2.21. The zero-order chi connectivity index (χ0) is 14.1. The molecule has 0 radical (unpaired) electrons. The number of hydrogen-bond donors (Lipinski definition) is 2. The van der Waals surface area contributed by atoms with Crippen molar-refractivity contribution in [3.8, 4) is 0 Å². The van der Waals surface area contributed by atoms with Gasteiger partial charge in [0.2, 0.25) is 0 Å². The lowest BCUT2D eigenvalue weighted by Crippen LogP contribution is -2.51. The maximum absolute atomic E-state index is 12.7. The molecule has 104 valence electrons. The van der Waals surface area contributed by atoms with Gasteiger partial charge in [0, 0.05) is 24.7 Å². The number of hydrogen-bond acceptors (Lipinski definition) is 3. The van der Waals surface area contributed by atoms with E-state index >= 15 is 0 Å². The number of amides is 1. The Morgan fingerprint density at radius 2 is 1.90 bits per heavy atom. The van der Waals surface area contributed by atoms with Gasteiger partial charge in [0.1, 0.15) is 0 Å². The van der Waals surface area contributed by atoms with E-state index in [2.05, 4.69) is 0 Å². The molecular formula is C16H18N2O2. The number of nitrogens with two attached hydrogens (primary N) is 1. The third-order valence-corrected chi connectivity index (χ3v) is 3.77. The van der Waals surface area contributed by atoms with Gasteiger partial charge < -0.3 is 15.7 Å². The first-order valence-electron chi connectivity index (χ1n) is 6.86. The van der Waals surface area contributed by atoms with Gasteiger partial charge in [-0.25, -0.2) is 0 Å². The Bertz CT molecular complexity index is 626. The van der Waals surface area contributed by atoms with Crippen LogP contribution >= 0.6 is 0 Å². The number of rotatable bonds is 1. The molecule has 4 heteroatoms. The lowest BCUT2D eigenvalue weighted by Gasteiger charge is -2.34. The first-order chi connectivity index (χ1) is 9.65. The van der Waals surface area contributed by atoms with E-state index in [1.165, 1.54) is 0 Å². The van der Waals surface area contributed by atoms with Crippen LogP contribution in [-0.2, 0) is 0 Å². The Balaban J connectivity index is 1.96. The molecule has 2 atom stereocenters. The maximum atomic E-state index is 12.7. The molecule has 0 aliphatic carbocycles. The molecule has 1 fully saturated rings. The highest BCUT2D eigenvalue weighted by Gasteiger charge is 2.28. The number of carbonyl (C=O) groups excluding carboxylic acids is 1. The van der Waals surface area contributed by atoms with Crippen LogP contribution in [0.5, 0.6) is 0 Å². The molecule has 20 heavy (non-hydrogen) atoms. The summed E-state index contributed by atoms with van der Waals surface area (Å²) < 4.78 is 0. The Hall–Kier alpha value is -1.91. The van der Waals surface area contributed by atoms with Gasteiger partial charge in [-0.05, 0) is 23.3 Å². The van der Waals surface area contributed by atoms with Crippen molar-refractivity contribution in [1.82, 2.24) is 4.90 Å². The van der Waals surface area contributed by atoms with Gasteiger partial charge in [-0.15, -0.1) is 0 Å². The van der Waals surface area contributed by atoms with E-state index in [0.717, 1.165) is 10.8 Å². The molecular weight excluding hydrogens is 252 g/mol. The first-order valence-corrected chi connectivity index (χ1v) is 6.86. The quantitative estimate of drug-likeness (QED) is 0.822. The van der Waals surface area contributed by atoms with Gasteiger partial charge in [-0.2, -0.15) is 0 Å². The fourth-order valence-electron chi connectivity index (χ4n) is 2.86. The van der Waals surface area contributed by atoms with Crippen molar-refractivity contribution in [3.63, 3.8) is 0 Å². The van der Waals surface area contributed by atoms with Crippen LogP contribution in [0.15, 0.2) is 42.5 Å². The topological polar surface area (TPSA) is 66.6 Å². The molecule has 1 aliphatic heterocycles. The average molecular weight is 270 g/mol. The Morgan fingerprint density at radius 3 is 2.70 bits per heavy atom. The summed E-state index contributed by atoms with van der Waals surface area (Å²) in [6.07, 6.45) is 0.0249. The van der Waals surface area contributed by atoms with E-state index in [1.807, 2.05) is 42.5 Å². The summed E-state index contributed by atoms with van der Waals surface area (Å²) in [7, 11) is 0. The molecule has 4 nitrogen and oxygen atoms in total. The van der Waals surface area contributed by atoms with E-state index in [4.69, 9.17) is 5.73 Å². The van der Waals surface area contributed by atoms with Crippen molar-refractivity contribution in [2.45, 2.75) is 18.6 Å². The van der Waals surface area contributed by atoms with Crippen molar-refractivity contribution >= 4 is 16.7 Å². The average Bonchev–Trinajstić information content (AvgIpc) is 2.45. The van der Waals surface area contributed by atoms with Crippen molar-refractivity contribution < 1.29 is 9.90 Å². The number of piperidine rings is 1. The minimum Gasteiger partial charge on any atom is -0.391 e. The third kappa shape index (κ3) is 2.40. The molecule has 0 unspecified atom stereocenters. The second-order valence-corrected chi connectivity index (χ2v) is 5.39. The zero-order valence-electron chi connectivity index (χ0n) is 11.2. The summed E-state index contributed by atoms with van der Waals surface area (Å²) >= 11 is 0. The van der Waals surface area contributed by atoms with Crippen LogP contribution in [0.3, 0.4) is 0 Å². The molecule has 1 aliphatic rings. The monoisotopic (exact) mass is 270 g/mol. The predicted molar refractivity (Wildman–Crippen MR) is 78.5 cm³/mol. The van der Waals surface area contributed by atoms with Crippen LogP contribution in [0.4, 0.5) is 0 Å². The number of β-amino-alcohol motifs (C(OH)–C–C–N with tert-alkyl or cyclic N) is 1. The minimum atomic E-state index is -0.530. The lowest BCUT2D eigenvalue weighted by molar-refractivity contribution is 0.0425. The zero-order valence-corrected chi connectivity index (χ0v) is 11.2. The maximum Gasteiger partial charge on any atom is 0.254 e. The molecule has 0 bridgehead atoms. The number of fused-ring (bicyclic) bond motifs is 1. The summed E-state index contributed by atoms with van der Waals surface area (Å²) in [5.74, 6) is -0.0593. The lowest BCUT2D eigenvalue weighted by atomic mass is 10.00. The molecule has 1 heterocycles. The van der Waals surface area contributed by atoms with Crippen LogP contribution in [0.1, 0.15) is 16.8 Å². The molecule has 0 aromatic heterocycles. The van der Waals surface area contributed by atoms with Crippen molar-refractivity contribution in [1.29, 1.82) is 0 Å². The Labute approximate surface area is 117 Å². The van der Waals surface area contributed by atoms with Crippen LogP contribution in [0.25, 0.3) is 10.8 Å². The van der Waals surface area contributed by atoms with Crippen molar-refractivity contribution in [2.24, 2.45) is 5.73 Å². The number of aliphatic hydroxyl groups is 1. The van der Waals surface area contributed by atoms with Crippen LogP contribution < -0.4 is 5.73 Å². The number of likely N-dealkylation sites (tertiary alicyclic amines) is 1. The Kier molecular flexibility index (Phi) is 3.42. The molecule has 0 saturated carbocycles. The molecule has 0 spiro atoms. The Morgan fingerprint density at radius 1 is 1.15 bits per heavy atom. The fraction of sp³-hybridized carbons (Fsp3) is 0.312. The van der Waals surface area contributed by atoms with Gasteiger partial charge in [0.25, 0.3) is 5.91 Å². The van der Waals surface area contributed by atoms with Crippen LogP contribution in [-0.4, -0.2) is 41.1 Å².